The number of anilines is 1. The van der Waals surface area contributed by atoms with E-state index in [-0.39, 0.29) is 24.4 Å². The van der Waals surface area contributed by atoms with Gasteiger partial charge in [0.2, 0.25) is 0 Å². The van der Waals surface area contributed by atoms with Crippen LogP contribution in [0.5, 0.6) is 0 Å². The summed E-state index contributed by atoms with van der Waals surface area (Å²) in [5, 5.41) is 8.86. The third-order valence-electron chi connectivity index (χ3n) is 2.62. The maximum atomic E-state index is 13.5. The zero-order chi connectivity index (χ0) is 15.6. The van der Waals surface area contributed by atoms with E-state index in [0.29, 0.717) is 5.56 Å². The Hall–Kier alpha value is -2.06. The quantitative estimate of drug-likeness (QED) is 0.910. The first-order chi connectivity index (χ1) is 9.83. The van der Waals surface area contributed by atoms with Gasteiger partial charge in [-0.3, -0.25) is 4.72 Å². The molecule has 2 rings (SSSR count). The van der Waals surface area contributed by atoms with Crippen LogP contribution in [0.1, 0.15) is 5.56 Å². The maximum Gasteiger partial charge on any atom is 0.267 e. The van der Waals surface area contributed by atoms with Crippen LogP contribution in [0.15, 0.2) is 41.3 Å². The Labute approximate surface area is 118 Å². The van der Waals surface area contributed by atoms with Crippen molar-refractivity contribution in [3.05, 3.63) is 59.4 Å². The van der Waals surface area contributed by atoms with Gasteiger partial charge in [0.1, 0.15) is 17.5 Å². The molecule has 2 N–H and O–H groups in total. The minimum absolute atomic E-state index is 0.0512. The lowest BCUT2D eigenvalue weighted by molar-refractivity contribution is 0.282. The first-order valence-electron chi connectivity index (χ1n) is 5.70. The normalized spacial score (nSPS) is 11.4. The van der Waals surface area contributed by atoms with Crippen molar-refractivity contribution in [1.29, 1.82) is 0 Å². The highest BCUT2D eigenvalue weighted by Gasteiger charge is 2.25. The van der Waals surface area contributed by atoms with Gasteiger partial charge in [-0.05, 0) is 17.7 Å². The predicted molar refractivity (Wildman–Crippen MR) is 69.5 cm³/mol. The minimum Gasteiger partial charge on any atom is -0.392 e. The summed E-state index contributed by atoms with van der Waals surface area (Å²) in [6.07, 6.45) is 0. The molecule has 2 aromatic rings. The second-order valence-corrected chi connectivity index (χ2v) is 5.78. The van der Waals surface area contributed by atoms with Gasteiger partial charge in [0.05, 0.1) is 6.61 Å². The molecule has 0 heterocycles. The molecule has 0 saturated carbocycles. The summed E-state index contributed by atoms with van der Waals surface area (Å²) in [6.45, 7) is -0.228. The van der Waals surface area contributed by atoms with Crippen molar-refractivity contribution in [2.75, 3.05) is 4.72 Å². The average molecular weight is 317 g/mol. The minimum atomic E-state index is -4.54. The summed E-state index contributed by atoms with van der Waals surface area (Å²) < 4.78 is 65.6. The number of halogens is 3. The first-order valence-corrected chi connectivity index (χ1v) is 7.19. The fourth-order valence-corrected chi connectivity index (χ4v) is 2.85. The topological polar surface area (TPSA) is 66.4 Å². The third-order valence-corrected chi connectivity index (χ3v) is 4.05. The summed E-state index contributed by atoms with van der Waals surface area (Å²) in [5.74, 6) is -4.25. The van der Waals surface area contributed by atoms with Crippen LogP contribution in [-0.4, -0.2) is 13.5 Å². The van der Waals surface area contributed by atoms with E-state index in [4.69, 9.17) is 5.11 Å². The predicted octanol–water partition coefficient (Wildman–Crippen LogP) is 2.40. The highest BCUT2D eigenvalue weighted by molar-refractivity contribution is 7.92. The van der Waals surface area contributed by atoms with Crippen molar-refractivity contribution in [3.63, 3.8) is 0 Å². The lowest BCUT2D eigenvalue weighted by atomic mass is 10.2. The number of benzene rings is 2. The molecule has 0 fully saturated rings. The lowest BCUT2D eigenvalue weighted by Gasteiger charge is -2.10. The summed E-state index contributed by atoms with van der Waals surface area (Å²) in [6, 6.07) is 6.09. The molecule has 112 valence electrons. The molecule has 0 spiro atoms. The number of sulfonamides is 1. The zero-order valence-corrected chi connectivity index (χ0v) is 11.3. The van der Waals surface area contributed by atoms with Crippen molar-refractivity contribution in [1.82, 2.24) is 0 Å². The summed E-state index contributed by atoms with van der Waals surface area (Å²) in [7, 11) is -4.54. The summed E-state index contributed by atoms with van der Waals surface area (Å²) in [4.78, 5) is -1.25. The van der Waals surface area contributed by atoms with Crippen LogP contribution >= 0.6 is 0 Å². The number of aliphatic hydroxyl groups excluding tert-OH is 1. The van der Waals surface area contributed by atoms with Gasteiger partial charge in [-0.15, -0.1) is 0 Å². The Morgan fingerprint density at radius 2 is 1.52 bits per heavy atom. The smallest absolute Gasteiger partial charge is 0.267 e. The van der Waals surface area contributed by atoms with Crippen LogP contribution in [0.25, 0.3) is 0 Å². The van der Waals surface area contributed by atoms with Crippen molar-refractivity contribution < 1.29 is 26.7 Å². The molecular formula is C13H10F3NO3S. The van der Waals surface area contributed by atoms with Gasteiger partial charge in [0.25, 0.3) is 10.0 Å². The van der Waals surface area contributed by atoms with Crippen molar-refractivity contribution >= 4 is 15.7 Å². The van der Waals surface area contributed by atoms with E-state index in [2.05, 4.69) is 0 Å². The number of nitrogens with one attached hydrogen (secondary N) is 1. The molecule has 4 nitrogen and oxygen atoms in total. The van der Waals surface area contributed by atoms with E-state index in [1.54, 1.807) is 0 Å². The van der Waals surface area contributed by atoms with E-state index in [0.717, 1.165) is 0 Å². The van der Waals surface area contributed by atoms with Crippen LogP contribution in [0.4, 0.5) is 18.9 Å². The second kappa shape index (κ2) is 5.74. The summed E-state index contributed by atoms with van der Waals surface area (Å²) >= 11 is 0. The van der Waals surface area contributed by atoms with E-state index < -0.39 is 32.4 Å². The maximum absolute atomic E-state index is 13.5. The van der Waals surface area contributed by atoms with E-state index in [1.165, 1.54) is 24.3 Å². The Balaban J connectivity index is 2.38. The molecule has 0 radical (unpaired) electrons. The van der Waals surface area contributed by atoms with Gasteiger partial charge in [-0.2, -0.15) is 0 Å². The van der Waals surface area contributed by atoms with E-state index in [9.17, 15) is 21.6 Å². The van der Waals surface area contributed by atoms with Crippen molar-refractivity contribution in [2.24, 2.45) is 0 Å². The average Bonchev–Trinajstić information content (AvgIpc) is 2.37. The molecule has 0 atom stereocenters. The Kier molecular flexibility index (Phi) is 4.19. The van der Waals surface area contributed by atoms with Crippen LogP contribution in [0.3, 0.4) is 0 Å². The lowest BCUT2D eigenvalue weighted by Crippen LogP contribution is -2.16. The molecule has 2 aromatic carbocycles. The van der Waals surface area contributed by atoms with Crippen molar-refractivity contribution in [3.8, 4) is 0 Å². The highest BCUT2D eigenvalue weighted by atomic mass is 32.2. The largest absolute Gasteiger partial charge is 0.392 e. The Morgan fingerprint density at radius 1 is 1.00 bits per heavy atom. The molecule has 0 saturated heterocycles. The molecule has 8 heteroatoms. The summed E-state index contributed by atoms with van der Waals surface area (Å²) in [5.41, 5.74) is 0.590. The molecule has 21 heavy (non-hydrogen) atoms. The van der Waals surface area contributed by atoms with Crippen LogP contribution in [0, 0.1) is 17.5 Å². The Bertz CT molecular complexity index is 738. The molecule has 0 aliphatic rings. The number of rotatable bonds is 4. The molecule has 0 aliphatic heterocycles. The highest BCUT2D eigenvalue weighted by Crippen LogP contribution is 2.23. The van der Waals surface area contributed by atoms with E-state index in [1.807, 2.05) is 4.72 Å². The molecule has 0 bridgehead atoms. The molecule has 0 aliphatic carbocycles. The van der Waals surface area contributed by atoms with E-state index >= 15 is 0 Å². The third kappa shape index (κ3) is 3.34. The fraction of sp³-hybridized carbons (Fsp3) is 0.0769. The number of aliphatic hydroxyl groups is 1. The molecule has 0 aromatic heterocycles. The SMILES string of the molecule is O=S(=O)(Nc1ccc(CO)cc1)c1c(F)cc(F)cc1F. The standard InChI is InChI=1S/C13H10F3NO3S/c14-9-5-11(15)13(12(16)6-9)21(19,20)17-10-3-1-8(7-18)2-4-10/h1-6,17-18H,7H2. The van der Waals surface area contributed by atoms with Gasteiger partial charge < -0.3 is 5.11 Å². The fourth-order valence-electron chi connectivity index (χ4n) is 1.67. The van der Waals surface area contributed by atoms with Gasteiger partial charge in [0, 0.05) is 17.8 Å². The van der Waals surface area contributed by atoms with Gasteiger partial charge in [0.15, 0.2) is 4.90 Å². The zero-order valence-electron chi connectivity index (χ0n) is 10.5. The second-order valence-electron chi connectivity index (χ2n) is 4.16. The molecule has 0 unspecified atom stereocenters. The first kappa shape index (κ1) is 15.3. The van der Waals surface area contributed by atoms with Gasteiger partial charge in [-0.1, -0.05) is 12.1 Å². The number of hydrogen-bond acceptors (Lipinski definition) is 3. The van der Waals surface area contributed by atoms with Gasteiger partial charge >= 0.3 is 0 Å². The molecular weight excluding hydrogens is 307 g/mol. The Morgan fingerprint density at radius 3 is 2.00 bits per heavy atom. The van der Waals surface area contributed by atoms with Crippen LogP contribution < -0.4 is 4.72 Å². The van der Waals surface area contributed by atoms with Crippen LogP contribution in [0.2, 0.25) is 0 Å². The monoisotopic (exact) mass is 317 g/mol. The van der Waals surface area contributed by atoms with Crippen molar-refractivity contribution in [2.45, 2.75) is 11.5 Å². The van der Waals surface area contributed by atoms with Crippen LogP contribution in [-0.2, 0) is 16.6 Å². The molecule has 0 amide bonds. The number of hydrogen-bond donors (Lipinski definition) is 2. The van der Waals surface area contributed by atoms with Gasteiger partial charge in [-0.25, -0.2) is 21.6 Å².